The van der Waals surface area contributed by atoms with Crippen LogP contribution in [0.15, 0.2) is 188 Å². The number of benzene rings is 7. The molecule has 0 unspecified atom stereocenters. The molecular weight excluding hydrogens is 607 g/mol. The normalized spacial score (nSPS) is 11.6. The van der Waals surface area contributed by atoms with Crippen LogP contribution in [-0.2, 0) is 0 Å². The average molecular weight is 638 g/mol. The Morgan fingerprint density at radius 3 is 1.44 bits per heavy atom. The van der Waals surface area contributed by atoms with Gasteiger partial charge in [0.1, 0.15) is 5.82 Å². The van der Waals surface area contributed by atoms with E-state index in [0.29, 0.717) is 0 Å². The molecule has 0 spiro atoms. The van der Waals surface area contributed by atoms with E-state index >= 15 is 0 Å². The third-order valence-corrected chi connectivity index (χ3v) is 9.92. The standard InChI is InChI=1S/C47H31N3/c1-3-13-32(14-4-1)42-21-12-24-47(48-42)50-44-23-10-8-20-39(44)41-31-36(26-28-46(41)50)34-16-11-15-33(29-34)35-25-27-45-40(30-35)38-19-7-9-22-43(38)49(45)37-17-5-2-6-18-37/h1-31H. The van der Waals surface area contributed by atoms with Crippen LogP contribution in [0.3, 0.4) is 0 Å². The fourth-order valence-electron chi connectivity index (χ4n) is 7.60. The maximum Gasteiger partial charge on any atom is 0.138 e. The van der Waals surface area contributed by atoms with E-state index in [-0.39, 0.29) is 0 Å². The van der Waals surface area contributed by atoms with E-state index in [0.717, 1.165) is 28.1 Å². The lowest BCUT2D eigenvalue weighted by Gasteiger charge is -2.10. The summed E-state index contributed by atoms with van der Waals surface area (Å²) in [7, 11) is 0. The van der Waals surface area contributed by atoms with E-state index in [2.05, 4.69) is 191 Å². The zero-order valence-corrected chi connectivity index (χ0v) is 27.2. The van der Waals surface area contributed by atoms with Crippen LogP contribution in [0.5, 0.6) is 0 Å². The molecule has 3 heteroatoms. The van der Waals surface area contributed by atoms with Gasteiger partial charge < -0.3 is 4.57 Å². The molecule has 3 aromatic heterocycles. The van der Waals surface area contributed by atoms with Gasteiger partial charge in [-0.3, -0.25) is 4.57 Å². The molecule has 0 saturated heterocycles. The molecule has 0 bridgehead atoms. The van der Waals surface area contributed by atoms with E-state index in [1.807, 2.05) is 6.07 Å². The lowest BCUT2D eigenvalue weighted by atomic mass is 9.97. The molecule has 0 fully saturated rings. The number of pyridine rings is 1. The Labute approximate surface area is 290 Å². The van der Waals surface area contributed by atoms with Crippen molar-refractivity contribution in [2.45, 2.75) is 0 Å². The van der Waals surface area contributed by atoms with E-state index in [4.69, 9.17) is 4.98 Å². The topological polar surface area (TPSA) is 22.8 Å². The Morgan fingerprint density at radius 2 is 0.780 bits per heavy atom. The monoisotopic (exact) mass is 637 g/mol. The molecule has 0 saturated carbocycles. The van der Waals surface area contributed by atoms with Crippen LogP contribution in [0, 0.1) is 0 Å². The minimum Gasteiger partial charge on any atom is -0.309 e. The molecule has 0 amide bonds. The Bertz CT molecular complexity index is 2860. The van der Waals surface area contributed by atoms with Crippen molar-refractivity contribution in [3.63, 3.8) is 0 Å². The van der Waals surface area contributed by atoms with Crippen LogP contribution in [0.4, 0.5) is 0 Å². The van der Waals surface area contributed by atoms with Gasteiger partial charge in [-0.2, -0.15) is 0 Å². The van der Waals surface area contributed by atoms with Crippen LogP contribution in [-0.4, -0.2) is 14.1 Å². The molecule has 0 atom stereocenters. The summed E-state index contributed by atoms with van der Waals surface area (Å²) in [4.78, 5) is 5.13. The second kappa shape index (κ2) is 11.5. The van der Waals surface area contributed by atoms with Gasteiger partial charge in [-0.25, -0.2) is 4.98 Å². The third kappa shape index (κ3) is 4.56. The summed E-state index contributed by atoms with van der Waals surface area (Å²) in [6.07, 6.45) is 0. The molecular formula is C47H31N3. The number of rotatable bonds is 5. The number of hydrogen-bond donors (Lipinski definition) is 0. The second-order valence-corrected chi connectivity index (χ2v) is 12.8. The van der Waals surface area contributed by atoms with Gasteiger partial charge in [0.15, 0.2) is 0 Å². The van der Waals surface area contributed by atoms with Crippen molar-refractivity contribution in [2.75, 3.05) is 0 Å². The number of aromatic nitrogens is 3. The lowest BCUT2D eigenvalue weighted by molar-refractivity contribution is 1.08. The molecule has 0 radical (unpaired) electrons. The first-order valence-electron chi connectivity index (χ1n) is 17.1. The zero-order chi connectivity index (χ0) is 33.0. The zero-order valence-electron chi connectivity index (χ0n) is 27.2. The highest BCUT2D eigenvalue weighted by Crippen LogP contribution is 2.38. The maximum absolute atomic E-state index is 5.13. The first-order chi connectivity index (χ1) is 24.8. The van der Waals surface area contributed by atoms with E-state index in [1.54, 1.807) is 0 Å². The second-order valence-electron chi connectivity index (χ2n) is 12.8. The van der Waals surface area contributed by atoms with Crippen molar-refractivity contribution >= 4 is 43.6 Å². The summed E-state index contributed by atoms with van der Waals surface area (Å²) < 4.78 is 4.66. The number of nitrogens with zero attached hydrogens (tertiary/aromatic N) is 3. The van der Waals surface area contributed by atoms with Crippen molar-refractivity contribution < 1.29 is 0 Å². The van der Waals surface area contributed by atoms with Crippen LogP contribution >= 0.6 is 0 Å². The van der Waals surface area contributed by atoms with Crippen LogP contribution in [0.2, 0.25) is 0 Å². The van der Waals surface area contributed by atoms with E-state index < -0.39 is 0 Å². The van der Waals surface area contributed by atoms with Crippen molar-refractivity contribution in [2.24, 2.45) is 0 Å². The summed E-state index contributed by atoms with van der Waals surface area (Å²) in [5.41, 5.74) is 12.7. The summed E-state index contributed by atoms with van der Waals surface area (Å²) in [6, 6.07) is 67.3. The molecule has 0 N–H and O–H groups in total. The Morgan fingerprint density at radius 1 is 0.300 bits per heavy atom. The van der Waals surface area contributed by atoms with Gasteiger partial charge >= 0.3 is 0 Å². The molecule has 10 aromatic rings. The summed E-state index contributed by atoms with van der Waals surface area (Å²) in [5, 5.41) is 4.94. The molecule has 0 aliphatic rings. The van der Waals surface area contributed by atoms with Crippen molar-refractivity contribution in [3.05, 3.63) is 188 Å². The lowest BCUT2D eigenvalue weighted by Crippen LogP contribution is -1.98. The van der Waals surface area contributed by atoms with Crippen LogP contribution in [0.1, 0.15) is 0 Å². The maximum atomic E-state index is 5.13. The van der Waals surface area contributed by atoms with Gasteiger partial charge in [0.05, 0.1) is 27.8 Å². The smallest absolute Gasteiger partial charge is 0.138 e. The molecule has 234 valence electrons. The minimum atomic E-state index is 0.913. The van der Waals surface area contributed by atoms with Gasteiger partial charge in [0.2, 0.25) is 0 Å². The predicted octanol–water partition coefficient (Wildman–Crippen LogP) is 12.3. The highest BCUT2D eigenvalue weighted by molar-refractivity contribution is 6.11. The van der Waals surface area contributed by atoms with Gasteiger partial charge in [-0.05, 0) is 89.0 Å². The van der Waals surface area contributed by atoms with Crippen molar-refractivity contribution in [3.8, 4) is 45.0 Å². The van der Waals surface area contributed by atoms with E-state index in [1.165, 1.54) is 60.5 Å². The Kier molecular flexibility index (Phi) is 6.49. The van der Waals surface area contributed by atoms with Crippen molar-refractivity contribution in [1.82, 2.24) is 14.1 Å². The van der Waals surface area contributed by atoms with Gasteiger partial charge in [0.25, 0.3) is 0 Å². The quantitative estimate of drug-likeness (QED) is 0.184. The first-order valence-corrected chi connectivity index (χ1v) is 17.1. The summed E-state index contributed by atoms with van der Waals surface area (Å²) >= 11 is 0. The Balaban J connectivity index is 1.08. The number of fused-ring (bicyclic) bond motifs is 6. The Hall–Kier alpha value is -6.71. The average Bonchev–Trinajstić information content (AvgIpc) is 3.71. The SMILES string of the molecule is c1ccc(-c2cccc(-n3c4ccccc4c4cc(-c5cccc(-c6ccc7c(c6)c6ccccc6n7-c6ccccc6)c5)ccc43)n2)cc1. The number of para-hydroxylation sites is 3. The fraction of sp³-hybridized carbons (Fsp3) is 0. The molecule has 10 rings (SSSR count). The molecule has 7 aromatic carbocycles. The minimum absolute atomic E-state index is 0.913. The molecule has 3 nitrogen and oxygen atoms in total. The molecule has 3 heterocycles. The highest BCUT2D eigenvalue weighted by atomic mass is 15.1. The van der Waals surface area contributed by atoms with Gasteiger partial charge in [-0.1, -0.05) is 121 Å². The van der Waals surface area contributed by atoms with E-state index in [9.17, 15) is 0 Å². The summed E-state index contributed by atoms with van der Waals surface area (Å²) in [5.74, 6) is 0.913. The van der Waals surface area contributed by atoms with Crippen LogP contribution in [0.25, 0.3) is 88.6 Å². The van der Waals surface area contributed by atoms with Gasteiger partial charge in [0, 0.05) is 32.8 Å². The highest BCUT2D eigenvalue weighted by Gasteiger charge is 2.16. The summed E-state index contributed by atoms with van der Waals surface area (Å²) in [6.45, 7) is 0. The number of hydrogen-bond acceptors (Lipinski definition) is 1. The molecule has 0 aliphatic heterocycles. The predicted molar refractivity (Wildman–Crippen MR) is 209 cm³/mol. The van der Waals surface area contributed by atoms with Crippen molar-refractivity contribution in [1.29, 1.82) is 0 Å². The first kappa shape index (κ1) is 28.3. The largest absolute Gasteiger partial charge is 0.309 e. The van der Waals surface area contributed by atoms with Gasteiger partial charge in [-0.15, -0.1) is 0 Å². The molecule has 0 aliphatic carbocycles. The third-order valence-electron chi connectivity index (χ3n) is 9.92. The fourth-order valence-corrected chi connectivity index (χ4v) is 7.60. The molecule has 50 heavy (non-hydrogen) atoms. The van der Waals surface area contributed by atoms with Crippen LogP contribution < -0.4 is 0 Å².